The van der Waals surface area contributed by atoms with Crippen LogP contribution in [0.1, 0.15) is 6.42 Å². The Hall–Kier alpha value is -1.37. The number of carbonyl (C=O) groups is 1. The number of carbonyl (C=O) groups excluding carboxylic acids is 1. The third-order valence-electron chi connectivity index (χ3n) is 9.82. The second-order valence-electron chi connectivity index (χ2n) is 13.6. The van der Waals surface area contributed by atoms with Crippen molar-refractivity contribution >= 4 is 5.91 Å². The molecule has 52 heavy (non-hydrogen) atoms. The predicted molar refractivity (Wildman–Crippen MR) is 179 cm³/mol. The monoisotopic (exact) mass is 756 g/mol. The first-order valence-electron chi connectivity index (χ1n) is 17.5. The van der Waals surface area contributed by atoms with Crippen LogP contribution in [0.2, 0.25) is 0 Å². The summed E-state index contributed by atoms with van der Waals surface area (Å²) in [6.45, 7) is 1.38. The SMILES string of the molecule is NCCNCCNCC(=O)NCC1O[C@H](O[C@@H]2C(N)C[C@@H](N)C(O)[C@H]2OC2O[C@H](CO)[C@H](OC3O[C@@H](CN)C(O)C(O)[C@H]3N)C2O)C(N)[C@@H](O)[C@@H]1N. The maximum atomic E-state index is 12.4. The maximum absolute atomic E-state index is 12.4. The van der Waals surface area contributed by atoms with E-state index in [1.54, 1.807) is 0 Å². The molecule has 4 fully saturated rings. The smallest absolute Gasteiger partial charge is 0.234 e. The van der Waals surface area contributed by atoms with Crippen LogP contribution >= 0.6 is 0 Å². The highest BCUT2D eigenvalue weighted by atomic mass is 16.8. The molecule has 3 saturated heterocycles. The van der Waals surface area contributed by atoms with Crippen LogP contribution in [0.25, 0.3) is 0 Å². The molecule has 4 rings (SSSR count). The molecule has 23 heteroatoms. The molecule has 0 aromatic heterocycles. The quantitative estimate of drug-likeness (QED) is 0.0612. The Morgan fingerprint density at radius 3 is 1.88 bits per heavy atom. The first kappa shape index (κ1) is 43.4. The van der Waals surface area contributed by atoms with E-state index in [0.29, 0.717) is 26.2 Å². The van der Waals surface area contributed by atoms with Gasteiger partial charge in [-0.15, -0.1) is 0 Å². The molecule has 19 atom stereocenters. The van der Waals surface area contributed by atoms with Gasteiger partial charge in [0.15, 0.2) is 18.9 Å². The largest absolute Gasteiger partial charge is 0.394 e. The lowest BCUT2D eigenvalue weighted by atomic mass is 9.84. The molecular formula is C29H60N10O13. The van der Waals surface area contributed by atoms with Crippen LogP contribution in [0.15, 0.2) is 0 Å². The molecule has 1 amide bonds. The number of amides is 1. The zero-order chi connectivity index (χ0) is 38.3. The Morgan fingerprint density at radius 2 is 1.23 bits per heavy atom. The molecular weight excluding hydrogens is 696 g/mol. The van der Waals surface area contributed by atoms with Crippen molar-refractivity contribution in [3.8, 4) is 0 Å². The van der Waals surface area contributed by atoms with Crippen LogP contribution in [-0.4, -0.2) is 205 Å². The highest BCUT2D eigenvalue weighted by molar-refractivity contribution is 5.78. The van der Waals surface area contributed by atoms with Crippen LogP contribution in [0.5, 0.6) is 0 Å². The van der Waals surface area contributed by atoms with Crippen LogP contribution < -0.4 is 56.1 Å². The molecule has 23 nitrogen and oxygen atoms in total. The van der Waals surface area contributed by atoms with Gasteiger partial charge in [-0.1, -0.05) is 0 Å². The Morgan fingerprint density at radius 1 is 0.635 bits per heavy atom. The van der Waals surface area contributed by atoms with Gasteiger partial charge in [0.1, 0.15) is 48.8 Å². The second-order valence-corrected chi connectivity index (χ2v) is 13.6. The average Bonchev–Trinajstić information content (AvgIpc) is 3.42. The van der Waals surface area contributed by atoms with Crippen molar-refractivity contribution in [1.29, 1.82) is 0 Å². The summed E-state index contributed by atoms with van der Waals surface area (Å²) in [7, 11) is 0. The second kappa shape index (κ2) is 20.0. The predicted octanol–water partition coefficient (Wildman–Crippen LogP) is -10.6. The molecule has 0 bridgehead atoms. The summed E-state index contributed by atoms with van der Waals surface area (Å²) in [4.78, 5) is 12.4. The normalized spacial score (nSPS) is 45.6. The van der Waals surface area contributed by atoms with Crippen LogP contribution in [0, 0.1) is 0 Å². The molecule has 0 aromatic carbocycles. The van der Waals surface area contributed by atoms with Gasteiger partial charge < -0.3 is 115 Å². The van der Waals surface area contributed by atoms with E-state index in [9.17, 15) is 35.4 Å². The summed E-state index contributed by atoms with van der Waals surface area (Å²) in [5.74, 6) is -0.347. The van der Waals surface area contributed by atoms with E-state index in [-0.39, 0.29) is 32.0 Å². The van der Waals surface area contributed by atoms with Crippen LogP contribution in [0.4, 0.5) is 0 Å². The number of hydrogen-bond donors (Lipinski definition) is 16. The minimum Gasteiger partial charge on any atom is -0.394 e. The van der Waals surface area contributed by atoms with Gasteiger partial charge in [-0.05, 0) is 6.42 Å². The summed E-state index contributed by atoms with van der Waals surface area (Å²) in [5.41, 5.74) is 42.2. The summed E-state index contributed by atoms with van der Waals surface area (Å²) in [6.07, 6.45) is -18.6. The Balaban J connectivity index is 1.41. The Kier molecular flexibility index (Phi) is 16.7. The summed E-state index contributed by atoms with van der Waals surface area (Å²) >= 11 is 0. The minimum atomic E-state index is -1.63. The number of hydrogen-bond acceptors (Lipinski definition) is 22. The van der Waals surface area contributed by atoms with Gasteiger partial charge >= 0.3 is 0 Å². The van der Waals surface area contributed by atoms with Crippen molar-refractivity contribution in [2.24, 2.45) is 40.1 Å². The molecule has 3 aliphatic heterocycles. The molecule has 4 aliphatic rings. The van der Waals surface area contributed by atoms with Gasteiger partial charge in [0, 0.05) is 51.4 Å². The van der Waals surface area contributed by atoms with E-state index in [1.165, 1.54) is 0 Å². The molecule has 3 heterocycles. The zero-order valence-electron chi connectivity index (χ0n) is 28.9. The molecule has 304 valence electrons. The highest BCUT2D eigenvalue weighted by Crippen LogP contribution is 2.34. The van der Waals surface area contributed by atoms with Crippen molar-refractivity contribution in [2.75, 3.05) is 52.4 Å². The first-order chi connectivity index (χ1) is 24.7. The van der Waals surface area contributed by atoms with E-state index in [1.807, 2.05) is 0 Å². The third kappa shape index (κ3) is 10.3. The van der Waals surface area contributed by atoms with Gasteiger partial charge in [-0.2, -0.15) is 0 Å². The molecule has 23 N–H and O–H groups in total. The number of rotatable bonds is 17. The molecule has 9 unspecified atom stereocenters. The van der Waals surface area contributed by atoms with E-state index in [4.69, 9.17) is 68.6 Å². The van der Waals surface area contributed by atoms with E-state index in [2.05, 4.69) is 16.0 Å². The van der Waals surface area contributed by atoms with Gasteiger partial charge in [0.2, 0.25) is 5.91 Å². The lowest BCUT2D eigenvalue weighted by Gasteiger charge is -2.47. The van der Waals surface area contributed by atoms with Gasteiger partial charge in [-0.3, -0.25) is 4.79 Å². The number of aliphatic hydroxyl groups excluding tert-OH is 6. The van der Waals surface area contributed by atoms with Crippen molar-refractivity contribution < 1.29 is 63.9 Å². The number of nitrogens with one attached hydrogen (secondary N) is 3. The lowest BCUT2D eigenvalue weighted by molar-refractivity contribution is -0.297. The number of nitrogens with two attached hydrogens (primary N) is 7. The standard InChI is InChI=1S/C29H60N10O13/c30-1-2-37-3-4-38-8-15(41)39-7-13-16(34)21(44)17(35)27(48-13)50-24-11(33)5-10(32)19(42)26(24)52-29-23(46)25(14(9-40)49-29)51-28-18(36)22(45)20(43)12(6-31)47-28/h10-14,16-29,37-38,40,42-46H,1-9,30-36H2,(H,39,41)/t10-,11?,12+,13?,14-,16-,17?,18-,19?,20?,21+,22?,23?,24-,25+,26-,27-,28?,29?/m1/s1. The minimum absolute atomic E-state index is 0.0141. The molecule has 0 spiro atoms. The van der Waals surface area contributed by atoms with Crippen molar-refractivity contribution in [2.45, 2.75) is 123 Å². The summed E-state index contributed by atoms with van der Waals surface area (Å²) in [6, 6.07) is -5.24. The fourth-order valence-corrected chi connectivity index (χ4v) is 6.65. The van der Waals surface area contributed by atoms with Crippen molar-refractivity contribution in [3.05, 3.63) is 0 Å². The third-order valence-corrected chi connectivity index (χ3v) is 9.82. The van der Waals surface area contributed by atoms with E-state index < -0.39 is 123 Å². The Bertz CT molecular complexity index is 1100. The summed E-state index contributed by atoms with van der Waals surface area (Å²) < 4.78 is 35.5. The van der Waals surface area contributed by atoms with Crippen molar-refractivity contribution in [3.63, 3.8) is 0 Å². The molecule has 0 radical (unpaired) electrons. The van der Waals surface area contributed by atoms with Gasteiger partial charge in [-0.25, -0.2) is 0 Å². The fraction of sp³-hybridized carbons (Fsp3) is 0.966. The average molecular weight is 757 g/mol. The highest BCUT2D eigenvalue weighted by Gasteiger charge is 2.54. The van der Waals surface area contributed by atoms with Gasteiger partial charge in [0.05, 0.1) is 49.6 Å². The van der Waals surface area contributed by atoms with Crippen LogP contribution in [0.3, 0.4) is 0 Å². The summed E-state index contributed by atoms with van der Waals surface area (Å²) in [5, 5.41) is 72.8. The van der Waals surface area contributed by atoms with Crippen LogP contribution in [-0.2, 0) is 33.2 Å². The molecule has 1 aliphatic carbocycles. The molecule has 1 saturated carbocycles. The lowest BCUT2D eigenvalue weighted by Crippen LogP contribution is -2.69. The molecule has 0 aromatic rings. The van der Waals surface area contributed by atoms with E-state index >= 15 is 0 Å². The van der Waals surface area contributed by atoms with Gasteiger partial charge in [0.25, 0.3) is 0 Å². The van der Waals surface area contributed by atoms with Crippen molar-refractivity contribution in [1.82, 2.24) is 16.0 Å². The zero-order valence-corrected chi connectivity index (χ0v) is 28.9. The number of aliphatic hydroxyl groups is 6. The first-order valence-corrected chi connectivity index (χ1v) is 17.5. The number of ether oxygens (including phenoxy) is 6. The van der Waals surface area contributed by atoms with E-state index in [0.717, 1.165) is 0 Å². The fourth-order valence-electron chi connectivity index (χ4n) is 6.65. The maximum Gasteiger partial charge on any atom is 0.234 e. The topological polar surface area (TPSA) is 412 Å². The Labute approximate surface area is 301 Å².